The summed E-state index contributed by atoms with van der Waals surface area (Å²) in [6.45, 7) is 3.14. The molecule has 0 aliphatic carbocycles. The van der Waals surface area contributed by atoms with Gasteiger partial charge in [-0.15, -0.1) is 0 Å². The molecule has 7 heteroatoms. The fourth-order valence-electron chi connectivity index (χ4n) is 2.82. The molecule has 0 unspecified atom stereocenters. The molecule has 1 heterocycles. The molecule has 1 aromatic heterocycles. The summed E-state index contributed by atoms with van der Waals surface area (Å²) in [6, 6.07) is 14.4. The third kappa shape index (κ3) is 4.25. The smallest absolute Gasteiger partial charge is 0.316 e. The number of hydrogen-bond acceptors (Lipinski definition) is 4. The van der Waals surface area contributed by atoms with E-state index in [1.807, 2.05) is 30.3 Å². The van der Waals surface area contributed by atoms with Gasteiger partial charge in [-0.3, -0.25) is 14.4 Å². The third-order valence-corrected chi connectivity index (χ3v) is 4.17. The number of amides is 1. The summed E-state index contributed by atoms with van der Waals surface area (Å²) in [5.74, 6) is 0.552. The van der Waals surface area contributed by atoms with Crippen molar-refractivity contribution in [2.24, 2.45) is 0 Å². The number of carbonyl (C=O) groups is 1. The van der Waals surface area contributed by atoms with E-state index >= 15 is 0 Å². The number of rotatable bonds is 7. The maximum absolute atomic E-state index is 12.3. The molecule has 0 saturated carbocycles. The number of ether oxygens (including phenoxy) is 1. The minimum Gasteiger partial charge on any atom is -0.494 e. The average Bonchev–Trinajstić information content (AvgIpc) is 2.69. The van der Waals surface area contributed by atoms with Gasteiger partial charge >= 0.3 is 11.1 Å². The summed E-state index contributed by atoms with van der Waals surface area (Å²) in [5, 5.41) is 2.83. The van der Waals surface area contributed by atoms with Gasteiger partial charge in [-0.05, 0) is 43.7 Å². The summed E-state index contributed by atoms with van der Waals surface area (Å²) >= 11 is 0. The maximum Gasteiger partial charge on any atom is 0.316 e. The number of para-hydroxylation sites is 1. The molecule has 3 aromatic rings. The number of aryl methyl sites for hydroxylation is 1. The number of fused-ring (bicyclic) bond motifs is 1. The van der Waals surface area contributed by atoms with E-state index in [0.29, 0.717) is 42.7 Å². The second kappa shape index (κ2) is 8.35. The van der Waals surface area contributed by atoms with Crippen molar-refractivity contribution in [1.82, 2.24) is 14.9 Å². The molecule has 0 aliphatic heterocycles. The number of aromatic amines is 1. The standard InChI is InChI=1S/C20H21N3O4/c1-2-23-17-10-9-14(13-16(17)22-19(25)20(23)26)18(24)21-11-6-12-27-15-7-4-3-5-8-15/h3-5,7-10,13H,2,6,11-12H2,1H3,(H,21,24)(H,22,25). The van der Waals surface area contributed by atoms with Gasteiger partial charge in [0.1, 0.15) is 5.75 Å². The number of aromatic nitrogens is 2. The first kappa shape index (κ1) is 18.4. The highest BCUT2D eigenvalue weighted by Gasteiger charge is 2.10. The quantitative estimate of drug-likeness (QED) is 0.493. The molecular weight excluding hydrogens is 346 g/mol. The molecule has 0 spiro atoms. The van der Waals surface area contributed by atoms with Crippen LogP contribution < -0.4 is 21.2 Å². The Balaban J connectivity index is 1.61. The Labute approximate surface area is 155 Å². The number of H-pyrrole nitrogens is 1. The summed E-state index contributed by atoms with van der Waals surface area (Å²) in [4.78, 5) is 38.5. The first-order chi connectivity index (χ1) is 13.1. The van der Waals surface area contributed by atoms with E-state index in [2.05, 4.69) is 10.3 Å². The fraction of sp³-hybridized carbons (Fsp3) is 0.250. The van der Waals surface area contributed by atoms with Gasteiger partial charge in [-0.1, -0.05) is 18.2 Å². The lowest BCUT2D eigenvalue weighted by Crippen LogP contribution is -2.36. The highest BCUT2D eigenvalue weighted by Crippen LogP contribution is 2.12. The first-order valence-corrected chi connectivity index (χ1v) is 8.83. The van der Waals surface area contributed by atoms with Crippen molar-refractivity contribution in [3.05, 3.63) is 74.8 Å². The van der Waals surface area contributed by atoms with Crippen molar-refractivity contribution in [3.8, 4) is 5.75 Å². The summed E-state index contributed by atoms with van der Waals surface area (Å²) in [5.41, 5.74) is 0.181. The van der Waals surface area contributed by atoms with E-state index in [0.717, 1.165) is 5.75 Å². The lowest BCUT2D eigenvalue weighted by atomic mass is 10.1. The molecule has 0 radical (unpaired) electrons. The largest absolute Gasteiger partial charge is 0.494 e. The molecule has 0 saturated heterocycles. The van der Waals surface area contributed by atoms with Gasteiger partial charge in [-0.2, -0.15) is 0 Å². The van der Waals surface area contributed by atoms with Gasteiger partial charge < -0.3 is 19.6 Å². The van der Waals surface area contributed by atoms with Crippen LogP contribution in [-0.2, 0) is 6.54 Å². The number of nitrogens with one attached hydrogen (secondary N) is 2. The molecule has 1 amide bonds. The number of hydrogen-bond donors (Lipinski definition) is 2. The van der Waals surface area contributed by atoms with Gasteiger partial charge in [0.2, 0.25) is 0 Å². The molecule has 0 atom stereocenters. The highest BCUT2D eigenvalue weighted by atomic mass is 16.5. The highest BCUT2D eigenvalue weighted by molar-refractivity contribution is 5.97. The molecule has 3 rings (SSSR count). The SMILES string of the molecule is CCn1c(=O)c(=O)[nH]c2cc(C(=O)NCCCOc3ccccc3)ccc21. The van der Waals surface area contributed by atoms with Gasteiger partial charge in [0.15, 0.2) is 0 Å². The Morgan fingerprint density at radius 2 is 1.93 bits per heavy atom. The predicted molar refractivity (Wildman–Crippen MR) is 103 cm³/mol. The molecule has 140 valence electrons. The van der Waals surface area contributed by atoms with Crippen molar-refractivity contribution in [2.75, 3.05) is 13.2 Å². The van der Waals surface area contributed by atoms with Crippen LogP contribution in [0.3, 0.4) is 0 Å². The van der Waals surface area contributed by atoms with Crippen molar-refractivity contribution in [1.29, 1.82) is 0 Å². The number of benzene rings is 2. The molecule has 2 N–H and O–H groups in total. The van der Waals surface area contributed by atoms with Crippen LogP contribution in [0.2, 0.25) is 0 Å². The van der Waals surface area contributed by atoms with E-state index in [9.17, 15) is 14.4 Å². The molecule has 7 nitrogen and oxygen atoms in total. The van der Waals surface area contributed by atoms with Crippen molar-refractivity contribution in [3.63, 3.8) is 0 Å². The average molecular weight is 367 g/mol. The van der Waals surface area contributed by atoms with Crippen LogP contribution in [0.15, 0.2) is 58.1 Å². The maximum atomic E-state index is 12.3. The van der Waals surface area contributed by atoms with Crippen LogP contribution in [0.1, 0.15) is 23.7 Å². The van der Waals surface area contributed by atoms with Crippen molar-refractivity contribution < 1.29 is 9.53 Å². The van der Waals surface area contributed by atoms with Crippen LogP contribution in [0, 0.1) is 0 Å². The Hall–Kier alpha value is -3.35. The lowest BCUT2D eigenvalue weighted by molar-refractivity contribution is 0.0951. The third-order valence-electron chi connectivity index (χ3n) is 4.17. The molecular formula is C20H21N3O4. The first-order valence-electron chi connectivity index (χ1n) is 8.83. The van der Waals surface area contributed by atoms with Crippen LogP contribution in [0.25, 0.3) is 11.0 Å². The van der Waals surface area contributed by atoms with E-state index < -0.39 is 11.1 Å². The van der Waals surface area contributed by atoms with Gasteiger partial charge in [0, 0.05) is 18.7 Å². The van der Waals surface area contributed by atoms with E-state index in [1.54, 1.807) is 25.1 Å². The topological polar surface area (TPSA) is 93.2 Å². The zero-order valence-corrected chi connectivity index (χ0v) is 15.0. The Morgan fingerprint density at radius 1 is 1.15 bits per heavy atom. The predicted octanol–water partition coefficient (Wildman–Crippen LogP) is 1.91. The van der Waals surface area contributed by atoms with Crippen molar-refractivity contribution in [2.45, 2.75) is 19.9 Å². The Bertz CT molecular complexity index is 1050. The van der Waals surface area contributed by atoms with Crippen LogP contribution in [0.5, 0.6) is 5.75 Å². The zero-order valence-electron chi connectivity index (χ0n) is 15.0. The lowest BCUT2D eigenvalue weighted by Gasteiger charge is -2.10. The molecule has 0 aliphatic rings. The zero-order chi connectivity index (χ0) is 19.2. The Kier molecular flexibility index (Phi) is 5.71. The van der Waals surface area contributed by atoms with Gasteiger partial charge in [0.25, 0.3) is 5.91 Å². The summed E-state index contributed by atoms with van der Waals surface area (Å²) in [7, 11) is 0. The monoisotopic (exact) mass is 367 g/mol. The molecule has 2 aromatic carbocycles. The minimum atomic E-state index is -0.694. The molecule has 27 heavy (non-hydrogen) atoms. The van der Waals surface area contributed by atoms with Crippen LogP contribution in [-0.4, -0.2) is 28.6 Å². The Morgan fingerprint density at radius 3 is 2.67 bits per heavy atom. The second-order valence-corrected chi connectivity index (χ2v) is 6.01. The van der Waals surface area contributed by atoms with E-state index in [1.165, 1.54) is 4.57 Å². The fourth-order valence-corrected chi connectivity index (χ4v) is 2.82. The van der Waals surface area contributed by atoms with Crippen LogP contribution >= 0.6 is 0 Å². The van der Waals surface area contributed by atoms with E-state index in [-0.39, 0.29) is 5.91 Å². The summed E-state index contributed by atoms with van der Waals surface area (Å²) < 4.78 is 6.96. The normalized spacial score (nSPS) is 10.7. The minimum absolute atomic E-state index is 0.244. The summed E-state index contributed by atoms with van der Waals surface area (Å²) in [6.07, 6.45) is 0.667. The van der Waals surface area contributed by atoms with Gasteiger partial charge in [0.05, 0.1) is 17.6 Å². The van der Waals surface area contributed by atoms with Gasteiger partial charge in [-0.25, -0.2) is 0 Å². The second-order valence-electron chi connectivity index (χ2n) is 6.01. The van der Waals surface area contributed by atoms with Crippen molar-refractivity contribution >= 4 is 16.9 Å². The van der Waals surface area contributed by atoms with Crippen LogP contribution in [0.4, 0.5) is 0 Å². The molecule has 0 bridgehead atoms. The molecule has 0 fully saturated rings. The van der Waals surface area contributed by atoms with E-state index in [4.69, 9.17) is 4.74 Å². The number of carbonyl (C=O) groups excluding carboxylic acids is 1. The number of nitrogens with zero attached hydrogens (tertiary/aromatic N) is 1.